The minimum absolute atomic E-state index is 0.168. The minimum atomic E-state index is -3.26. The summed E-state index contributed by atoms with van der Waals surface area (Å²) in [5.41, 5.74) is -0.278. The van der Waals surface area contributed by atoms with E-state index in [4.69, 9.17) is 9.84 Å². The molecule has 0 saturated carbocycles. The fourth-order valence-electron chi connectivity index (χ4n) is 1.04. The molecule has 0 atom stereocenters. The minimum Gasteiger partial charge on any atom is -0.496 e. The van der Waals surface area contributed by atoms with E-state index in [2.05, 4.69) is 15.9 Å². The van der Waals surface area contributed by atoms with Crippen LogP contribution in [0.4, 0.5) is 8.78 Å². The van der Waals surface area contributed by atoms with E-state index in [1.165, 1.54) is 19.2 Å². The molecule has 14 heavy (non-hydrogen) atoms. The summed E-state index contributed by atoms with van der Waals surface area (Å²) in [5.74, 6) is -2.94. The zero-order chi connectivity index (χ0) is 10.8. The van der Waals surface area contributed by atoms with Crippen LogP contribution in [0.1, 0.15) is 5.56 Å². The normalized spacial score (nSPS) is 11.5. The Morgan fingerprint density at radius 2 is 2.14 bits per heavy atom. The average Bonchev–Trinajstić information content (AvgIpc) is 2.18. The molecule has 0 fully saturated rings. The van der Waals surface area contributed by atoms with Crippen molar-refractivity contribution in [3.05, 3.63) is 28.2 Å². The van der Waals surface area contributed by atoms with E-state index in [9.17, 15) is 8.78 Å². The molecule has 0 aliphatic rings. The molecule has 1 aromatic rings. The Bertz CT molecular complexity index is 329. The third-order valence-electron chi connectivity index (χ3n) is 1.78. The van der Waals surface area contributed by atoms with Gasteiger partial charge in [0.25, 0.3) is 5.92 Å². The Labute approximate surface area is 88.6 Å². The third kappa shape index (κ3) is 2.04. The zero-order valence-corrected chi connectivity index (χ0v) is 9.01. The van der Waals surface area contributed by atoms with E-state index in [1.54, 1.807) is 6.07 Å². The van der Waals surface area contributed by atoms with Crippen molar-refractivity contribution in [2.45, 2.75) is 5.92 Å². The SMILES string of the molecule is COc1cccc(C(F)(F)CO)c1Br. The van der Waals surface area contributed by atoms with Crippen molar-refractivity contribution in [1.82, 2.24) is 0 Å². The van der Waals surface area contributed by atoms with Gasteiger partial charge in [0.05, 0.1) is 11.6 Å². The summed E-state index contributed by atoms with van der Waals surface area (Å²) >= 11 is 3.00. The van der Waals surface area contributed by atoms with Gasteiger partial charge in [-0.15, -0.1) is 0 Å². The molecule has 0 aliphatic carbocycles. The van der Waals surface area contributed by atoms with E-state index >= 15 is 0 Å². The standard InChI is InChI=1S/C9H9BrF2O2/c1-14-7-4-2-3-6(8(7)10)9(11,12)5-13/h2-4,13H,5H2,1H3. The van der Waals surface area contributed by atoms with E-state index in [1.807, 2.05) is 0 Å². The number of aliphatic hydroxyl groups is 1. The number of aliphatic hydroxyl groups excluding tert-OH is 1. The molecule has 0 aliphatic heterocycles. The summed E-state index contributed by atoms with van der Waals surface area (Å²) in [4.78, 5) is 0. The molecule has 0 radical (unpaired) electrons. The maximum Gasteiger partial charge on any atom is 0.297 e. The lowest BCUT2D eigenvalue weighted by Gasteiger charge is -2.16. The van der Waals surface area contributed by atoms with Crippen LogP contribution in [-0.4, -0.2) is 18.8 Å². The number of methoxy groups -OCH3 is 1. The summed E-state index contributed by atoms with van der Waals surface area (Å²) in [6, 6.07) is 4.24. The quantitative estimate of drug-likeness (QED) is 0.911. The molecule has 5 heteroatoms. The lowest BCUT2D eigenvalue weighted by Crippen LogP contribution is -2.19. The molecule has 1 aromatic carbocycles. The molecule has 0 saturated heterocycles. The van der Waals surface area contributed by atoms with Crippen LogP contribution in [0.2, 0.25) is 0 Å². The lowest BCUT2D eigenvalue weighted by atomic mass is 10.1. The van der Waals surface area contributed by atoms with Crippen LogP contribution in [0.5, 0.6) is 5.75 Å². The summed E-state index contributed by atoms with van der Waals surface area (Å²) in [6.45, 7) is -1.22. The van der Waals surface area contributed by atoms with Crippen LogP contribution in [-0.2, 0) is 5.92 Å². The van der Waals surface area contributed by atoms with Crippen molar-refractivity contribution in [1.29, 1.82) is 0 Å². The summed E-state index contributed by atoms with van der Waals surface area (Å²) in [7, 11) is 1.39. The smallest absolute Gasteiger partial charge is 0.297 e. The Balaban J connectivity index is 3.22. The summed E-state index contributed by atoms with van der Waals surface area (Å²) in [6.07, 6.45) is 0. The number of hydrogen-bond acceptors (Lipinski definition) is 2. The van der Waals surface area contributed by atoms with E-state index in [0.29, 0.717) is 5.75 Å². The van der Waals surface area contributed by atoms with E-state index < -0.39 is 12.5 Å². The van der Waals surface area contributed by atoms with Crippen molar-refractivity contribution >= 4 is 15.9 Å². The van der Waals surface area contributed by atoms with Crippen LogP contribution >= 0.6 is 15.9 Å². The Morgan fingerprint density at radius 3 is 2.64 bits per heavy atom. The predicted octanol–water partition coefficient (Wildman–Crippen LogP) is 2.54. The van der Waals surface area contributed by atoms with Gasteiger partial charge in [0.2, 0.25) is 0 Å². The second-order valence-corrected chi connectivity index (χ2v) is 3.48. The first-order valence-electron chi connectivity index (χ1n) is 3.84. The molecule has 78 valence electrons. The summed E-state index contributed by atoms with van der Waals surface area (Å²) in [5, 5.41) is 8.52. The molecule has 2 nitrogen and oxygen atoms in total. The molecule has 0 aromatic heterocycles. The zero-order valence-electron chi connectivity index (χ0n) is 7.43. The van der Waals surface area contributed by atoms with Crippen LogP contribution in [0.3, 0.4) is 0 Å². The monoisotopic (exact) mass is 266 g/mol. The van der Waals surface area contributed by atoms with Crippen molar-refractivity contribution in [3.63, 3.8) is 0 Å². The number of alkyl halides is 2. The average molecular weight is 267 g/mol. The fraction of sp³-hybridized carbons (Fsp3) is 0.333. The Kier molecular flexibility index (Phi) is 3.44. The molecule has 0 bridgehead atoms. The number of benzene rings is 1. The second kappa shape index (κ2) is 4.23. The molecule has 1 rings (SSSR count). The van der Waals surface area contributed by atoms with Gasteiger partial charge >= 0.3 is 0 Å². The van der Waals surface area contributed by atoms with Gasteiger partial charge in [-0.1, -0.05) is 12.1 Å². The van der Waals surface area contributed by atoms with Gasteiger partial charge in [0.1, 0.15) is 12.4 Å². The van der Waals surface area contributed by atoms with Gasteiger partial charge in [-0.2, -0.15) is 8.78 Å². The van der Waals surface area contributed by atoms with Gasteiger partial charge in [-0.25, -0.2) is 0 Å². The van der Waals surface area contributed by atoms with Gasteiger partial charge in [0, 0.05) is 5.56 Å². The molecule has 0 spiro atoms. The highest BCUT2D eigenvalue weighted by Gasteiger charge is 2.33. The van der Waals surface area contributed by atoms with Crippen LogP contribution in [0, 0.1) is 0 Å². The second-order valence-electron chi connectivity index (χ2n) is 2.68. The molecule has 0 unspecified atom stereocenters. The van der Waals surface area contributed by atoms with Gasteiger partial charge in [0.15, 0.2) is 0 Å². The third-order valence-corrected chi connectivity index (χ3v) is 2.59. The lowest BCUT2D eigenvalue weighted by molar-refractivity contribution is -0.0563. The first-order valence-corrected chi connectivity index (χ1v) is 4.64. The Morgan fingerprint density at radius 1 is 1.50 bits per heavy atom. The van der Waals surface area contributed by atoms with Crippen molar-refractivity contribution in [2.24, 2.45) is 0 Å². The predicted molar refractivity (Wildman–Crippen MR) is 51.7 cm³/mol. The van der Waals surface area contributed by atoms with Crippen LogP contribution in [0.15, 0.2) is 22.7 Å². The van der Waals surface area contributed by atoms with Crippen molar-refractivity contribution in [3.8, 4) is 5.75 Å². The van der Waals surface area contributed by atoms with Crippen LogP contribution < -0.4 is 4.74 Å². The molecule has 0 amide bonds. The molecular weight excluding hydrogens is 258 g/mol. The summed E-state index contributed by atoms with van der Waals surface area (Å²) < 4.78 is 31.3. The Hall–Kier alpha value is -0.680. The number of rotatable bonds is 3. The van der Waals surface area contributed by atoms with E-state index in [-0.39, 0.29) is 10.0 Å². The van der Waals surface area contributed by atoms with Crippen molar-refractivity contribution < 1.29 is 18.6 Å². The highest BCUT2D eigenvalue weighted by Crippen LogP contribution is 2.37. The molecular formula is C9H9BrF2O2. The van der Waals surface area contributed by atoms with Crippen molar-refractivity contribution in [2.75, 3.05) is 13.7 Å². The van der Waals surface area contributed by atoms with Crippen LogP contribution in [0.25, 0.3) is 0 Å². The first-order chi connectivity index (χ1) is 6.53. The number of halogens is 3. The number of hydrogen-bond donors (Lipinski definition) is 1. The van der Waals surface area contributed by atoms with E-state index in [0.717, 1.165) is 0 Å². The number of ether oxygens (including phenoxy) is 1. The van der Waals surface area contributed by atoms with Gasteiger partial charge in [-0.3, -0.25) is 0 Å². The highest BCUT2D eigenvalue weighted by atomic mass is 79.9. The molecule has 1 N–H and O–H groups in total. The maximum atomic E-state index is 13.1. The maximum absolute atomic E-state index is 13.1. The van der Waals surface area contributed by atoms with Gasteiger partial charge < -0.3 is 9.84 Å². The molecule has 0 heterocycles. The van der Waals surface area contributed by atoms with Gasteiger partial charge in [-0.05, 0) is 22.0 Å². The topological polar surface area (TPSA) is 29.5 Å². The highest BCUT2D eigenvalue weighted by molar-refractivity contribution is 9.10. The first kappa shape index (κ1) is 11.4. The fourth-order valence-corrected chi connectivity index (χ4v) is 1.75. The largest absolute Gasteiger partial charge is 0.496 e.